The van der Waals surface area contributed by atoms with Gasteiger partial charge in [-0.15, -0.1) is 0 Å². The van der Waals surface area contributed by atoms with E-state index in [0.717, 1.165) is 12.8 Å². The van der Waals surface area contributed by atoms with Gasteiger partial charge >= 0.3 is 0 Å². The molecular formula is C16H22ClFN2O. The van der Waals surface area contributed by atoms with Crippen LogP contribution in [0.4, 0.5) is 4.39 Å². The van der Waals surface area contributed by atoms with Crippen molar-refractivity contribution in [3.63, 3.8) is 0 Å². The number of nitrogens with two attached hydrogens (primary N) is 1. The molecule has 2 unspecified atom stereocenters. The van der Waals surface area contributed by atoms with Gasteiger partial charge in [-0.05, 0) is 31.4 Å². The van der Waals surface area contributed by atoms with Gasteiger partial charge < -0.3 is 11.1 Å². The monoisotopic (exact) mass is 312 g/mol. The Kier molecular flexibility index (Phi) is 4.89. The second kappa shape index (κ2) is 6.32. The molecule has 5 heteroatoms. The summed E-state index contributed by atoms with van der Waals surface area (Å²) in [7, 11) is 0. The summed E-state index contributed by atoms with van der Waals surface area (Å²) in [6.07, 6.45) is 2.25. The third-order valence-corrected chi connectivity index (χ3v) is 4.85. The van der Waals surface area contributed by atoms with Crippen LogP contribution in [-0.4, -0.2) is 18.0 Å². The Balaban J connectivity index is 1.96. The Labute approximate surface area is 130 Å². The highest BCUT2D eigenvalue weighted by Crippen LogP contribution is 2.50. The van der Waals surface area contributed by atoms with Crippen molar-refractivity contribution in [2.45, 2.75) is 44.6 Å². The van der Waals surface area contributed by atoms with Gasteiger partial charge in [0.05, 0.1) is 0 Å². The third kappa shape index (κ3) is 3.55. The zero-order valence-electron chi connectivity index (χ0n) is 12.5. The molecule has 0 saturated heterocycles. The molecule has 0 aliphatic heterocycles. The largest absolute Gasteiger partial charge is 0.354 e. The molecule has 1 aromatic rings. The Morgan fingerprint density at radius 2 is 2.14 bits per heavy atom. The van der Waals surface area contributed by atoms with Crippen LogP contribution in [0.3, 0.4) is 0 Å². The Hall–Kier alpha value is -1.13. The SMILES string of the molecule is CCC(N)(CC)CNC(=O)C1CC1c1c(F)cccc1Cl. The fourth-order valence-electron chi connectivity index (χ4n) is 2.56. The van der Waals surface area contributed by atoms with E-state index >= 15 is 0 Å². The molecule has 116 valence electrons. The van der Waals surface area contributed by atoms with Crippen molar-refractivity contribution in [2.24, 2.45) is 11.7 Å². The second-order valence-electron chi connectivity index (χ2n) is 5.87. The summed E-state index contributed by atoms with van der Waals surface area (Å²) in [6, 6.07) is 4.61. The van der Waals surface area contributed by atoms with Crippen LogP contribution in [0, 0.1) is 11.7 Å². The molecule has 2 rings (SSSR count). The quantitative estimate of drug-likeness (QED) is 0.847. The molecule has 0 aromatic heterocycles. The van der Waals surface area contributed by atoms with E-state index in [1.807, 2.05) is 13.8 Å². The van der Waals surface area contributed by atoms with Gasteiger partial charge in [-0.1, -0.05) is 31.5 Å². The van der Waals surface area contributed by atoms with Crippen molar-refractivity contribution in [3.05, 3.63) is 34.6 Å². The van der Waals surface area contributed by atoms with E-state index in [0.29, 0.717) is 23.6 Å². The molecule has 3 nitrogen and oxygen atoms in total. The number of benzene rings is 1. The van der Waals surface area contributed by atoms with Crippen LogP contribution in [0.2, 0.25) is 5.02 Å². The molecule has 0 bridgehead atoms. The van der Waals surface area contributed by atoms with E-state index in [9.17, 15) is 9.18 Å². The van der Waals surface area contributed by atoms with Crippen molar-refractivity contribution in [2.75, 3.05) is 6.54 Å². The Bertz CT molecular complexity index is 511. The summed E-state index contributed by atoms with van der Waals surface area (Å²) >= 11 is 6.04. The van der Waals surface area contributed by atoms with Gasteiger partial charge in [-0.25, -0.2) is 4.39 Å². The molecule has 2 atom stereocenters. The van der Waals surface area contributed by atoms with Gasteiger partial charge in [0.25, 0.3) is 0 Å². The van der Waals surface area contributed by atoms with E-state index in [2.05, 4.69) is 5.32 Å². The van der Waals surface area contributed by atoms with Gasteiger partial charge in [0.2, 0.25) is 5.91 Å². The van der Waals surface area contributed by atoms with E-state index in [1.54, 1.807) is 12.1 Å². The summed E-state index contributed by atoms with van der Waals surface area (Å²) in [5, 5.41) is 3.29. The summed E-state index contributed by atoms with van der Waals surface area (Å²) in [5.41, 5.74) is 6.26. The fraction of sp³-hybridized carbons (Fsp3) is 0.562. The van der Waals surface area contributed by atoms with E-state index < -0.39 is 0 Å². The lowest BCUT2D eigenvalue weighted by atomic mass is 9.94. The third-order valence-electron chi connectivity index (χ3n) is 4.52. The minimum atomic E-state index is -0.365. The van der Waals surface area contributed by atoms with Crippen LogP contribution in [0.1, 0.15) is 44.6 Å². The summed E-state index contributed by atoms with van der Waals surface area (Å²) in [4.78, 5) is 12.2. The van der Waals surface area contributed by atoms with E-state index in [4.69, 9.17) is 17.3 Å². The first-order valence-electron chi connectivity index (χ1n) is 7.42. The molecule has 21 heavy (non-hydrogen) atoms. The molecule has 1 saturated carbocycles. The standard InChI is InChI=1S/C16H22ClFN2O/c1-3-16(19,4-2)9-20-15(21)11-8-10(11)14-12(17)6-5-7-13(14)18/h5-7,10-11H,3-4,8-9,19H2,1-2H3,(H,20,21). The van der Waals surface area contributed by atoms with Crippen molar-refractivity contribution in [1.82, 2.24) is 5.32 Å². The molecule has 1 amide bonds. The topological polar surface area (TPSA) is 55.1 Å². The number of rotatable bonds is 6. The summed E-state index contributed by atoms with van der Waals surface area (Å²) in [5.74, 6) is -0.708. The van der Waals surface area contributed by atoms with Crippen molar-refractivity contribution >= 4 is 17.5 Å². The normalized spacial score (nSPS) is 21.2. The van der Waals surface area contributed by atoms with Gasteiger partial charge in [0.1, 0.15) is 5.82 Å². The molecule has 1 aliphatic carbocycles. The van der Waals surface area contributed by atoms with Crippen LogP contribution in [0.15, 0.2) is 18.2 Å². The highest BCUT2D eigenvalue weighted by atomic mass is 35.5. The molecule has 0 radical (unpaired) electrons. The Morgan fingerprint density at radius 3 is 2.71 bits per heavy atom. The first-order valence-corrected chi connectivity index (χ1v) is 7.80. The van der Waals surface area contributed by atoms with Crippen molar-refractivity contribution < 1.29 is 9.18 Å². The average molecular weight is 313 g/mol. The number of amides is 1. The summed E-state index contributed by atoms with van der Waals surface area (Å²) in [6.45, 7) is 4.47. The number of nitrogens with one attached hydrogen (secondary N) is 1. The molecule has 1 aliphatic rings. The first kappa shape index (κ1) is 16.2. The van der Waals surface area contributed by atoms with E-state index in [1.165, 1.54) is 6.07 Å². The minimum absolute atomic E-state index is 0.0592. The Morgan fingerprint density at radius 1 is 1.48 bits per heavy atom. The maximum absolute atomic E-state index is 13.8. The van der Waals surface area contributed by atoms with Crippen LogP contribution < -0.4 is 11.1 Å². The van der Waals surface area contributed by atoms with Gasteiger partial charge in [0.15, 0.2) is 0 Å². The van der Waals surface area contributed by atoms with Gasteiger partial charge in [0, 0.05) is 34.5 Å². The lowest BCUT2D eigenvalue weighted by molar-refractivity contribution is -0.122. The molecule has 0 spiro atoms. The second-order valence-corrected chi connectivity index (χ2v) is 6.28. The van der Waals surface area contributed by atoms with Crippen LogP contribution in [0.5, 0.6) is 0 Å². The van der Waals surface area contributed by atoms with Crippen LogP contribution >= 0.6 is 11.6 Å². The smallest absolute Gasteiger partial charge is 0.223 e. The predicted molar refractivity (Wildman–Crippen MR) is 82.8 cm³/mol. The molecular weight excluding hydrogens is 291 g/mol. The number of hydrogen-bond donors (Lipinski definition) is 2. The highest BCUT2D eigenvalue weighted by Gasteiger charge is 2.46. The molecule has 1 aromatic carbocycles. The number of hydrogen-bond acceptors (Lipinski definition) is 2. The van der Waals surface area contributed by atoms with Crippen molar-refractivity contribution in [1.29, 1.82) is 0 Å². The number of carbonyl (C=O) groups excluding carboxylic acids is 1. The lowest BCUT2D eigenvalue weighted by Gasteiger charge is -2.26. The molecule has 0 heterocycles. The zero-order valence-corrected chi connectivity index (χ0v) is 13.2. The van der Waals surface area contributed by atoms with E-state index in [-0.39, 0.29) is 29.1 Å². The minimum Gasteiger partial charge on any atom is -0.354 e. The van der Waals surface area contributed by atoms with Gasteiger partial charge in [-0.3, -0.25) is 4.79 Å². The molecule has 1 fully saturated rings. The maximum Gasteiger partial charge on any atom is 0.223 e. The van der Waals surface area contributed by atoms with Crippen molar-refractivity contribution in [3.8, 4) is 0 Å². The first-order chi connectivity index (χ1) is 9.91. The fourth-order valence-corrected chi connectivity index (χ4v) is 2.87. The number of carbonyl (C=O) groups is 1. The average Bonchev–Trinajstić information content (AvgIpc) is 3.24. The summed E-state index contributed by atoms with van der Waals surface area (Å²) < 4.78 is 13.8. The zero-order chi connectivity index (χ0) is 15.6. The van der Waals surface area contributed by atoms with Gasteiger partial charge in [-0.2, -0.15) is 0 Å². The highest BCUT2D eigenvalue weighted by molar-refractivity contribution is 6.31. The maximum atomic E-state index is 13.8. The molecule has 3 N–H and O–H groups in total. The predicted octanol–water partition coefficient (Wildman–Crippen LogP) is 3.22. The van der Waals surface area contributed by atoms with Crippen LogP contribution in [-0.2, 0) is 4.79 Å². The van der Waals surface area contributed by atoms with Crippen LogP contribution in [0.25, 0.3) is 0 Å². The lowest BCUT2D eigenvalue weighted by Crippen LogP contribution is -2.49. The number of halogens is 2.